The van der Waals surface area contributed by atoms with Gasteiger partial charge in [0.25, 0.3) is 0 Å². The SMILES string of the molecule is COCCOCCOc1cc(C)ccc1N. The van der Waals surface area contributed by atoms with Crippen molar-refractivity contribution >= 4 is 5.69 Å². The topological polar surface area (TPSA) is 53.7 Å². The van der Waals surface area contributed by atoms with E-state index in [4.69, 9.17) is 19.9 Å². The zero-order valence-corrected chi connectivity index (χ0v) is 9.86. The molecule has 4 nitrogen and oxygen atoms in total. The molecular weight excluding hydrogens is 206 g/mol. The summed E-state index contributed by atoms with van der Waals surface area (Å²) in [5, 5.41) is 0. The Labute approximate surface area is 96.3 Å². The molecule has 0 fully saturated rings. The summed E-state index contributed by atoms with van der Waals surface area (Å²) < 4.78 is 15.6. The van der Waals surface area contributed by atoms with Crippen LogP contribution in [0.5, 0.6) is 5.75 Å². The van der Waals surface area contributed by atoms with Gasteiger partial charge < -0.3 is 19.9 Å². The number of hydrogen-bond acceptors (Lipinski definition) is 4. The van der Waals surface area contributed by atoms with E-state index in [9.17, 15) is 0 Å². The van der Waals surface area contributed by atoms with Gasteiger partial charge in [-0.05, 0) is 24.6 Å². The summed E-state index contributed by atoms with van der Waals surface area (Å²) in [5.74, 6) is 0.718. The van der Waals surface area contributed by atoms with Crippen LogP contribution in [0.25, 0.3) is 0 Å². The van der Waals surface area contributed by atoms with E-state index in [1.807, 2.05) is 25.1 Å². The average Bonchev–Trinajstić information content (AvgIpc) is 2.28. The molecule has 0 atom stereocenters. The van der Waals surface area contributed by atoms with Crippen molar-refractivity contribution in [1.82, 2.24) is 0 Å². The third-order valence-electron chi connectivity index (χ3n) is 2.09. The van der Waals surface area contributed by atoms with Gasteiger partial charge in [0.05, 0.1) is 25.5 Å². The summed E-state index contributed by atoms with van der Waals surface area (Å²) in [4.78, 5) is 0. The molecule has 0 saturated heterocycles. The number of benzene rings is 1. The Hall–Kier alpha value is -1.26. The second-order valence-corrected chi connectivity index (χ2v) is 3.49. The molecule has 1 aromatic rings. The Bertz CT molecular complexity index is 315. The quantitative estimate of drug-likeness (QED) is 0.566. The molecule has 0 saturated carbocycles. The third-order valence-corrected chi connectivity index (χ3v) is 2.09. The Morgan fingerprint density at radius 3 is 2.62 bits per heavy atom. The van der Waals surface area contributed by atoms with Crippen molar-refractivity contribution in [3.8, 4) is 5.75 Å². The fourth-order valence-electron chi connectivity index (χ4n) is 1.22. The highest BCUT2D eigenvalue weighted by Gasteiger charge is 1.99. The number of methoxy groups -OCH3 is 1. The van der Waals surface area contributed by atoms with Gasteiger partial charge in [0, 0.05) is 7.11 Å². The molecule has 0 heterocycles. The summed E-state index contributed by atoms with van der Waals surface area (Å²) in [6.45, 7) is 4.23. The van der Waals surface area contributed by atoms with Crippen LogP contribution >= 0.6 is 0 Å². The average molecular weight is 225 g/mol. The zero-order chi connectivity index (χ0) is 11.8. The molecule has 0 aliphatic rings. The minimum absolute atomic E-state index is 0.497. The van der Waals surface area contributed by atoms with E-state index < -0.39 is 0 Å². The lowest BCUT2D eigenvalue weighted by molar-refractivity contribution is 0.0545. The standard InChI is InChI=1S/C12H19NO3/c1-10-3-4-11(13)12(9-10)16-8-7-15-6-5-14-2/h3-4,9H,5-8,13H2,1-2H3. The molecule has 0 unspecified atom stereocenters. The molecule has 1 aromatic carbocycles. The van der Waals surface area contributed by atoms with Crippen molar-refractivity contribution in [2.45, 2.75) is 6.92 Å². The van der Waals surface area contributed by atoms with Gasteiger partial charge in [-0.2, -0.15) is 0 Å². The molecule has 0 amide bonds. The van der Waals surface area contributed by atoms with Gasteiger partial charge in [-0.25, -0.2) is 0 Å². The monoisotopic (exact) mass is 225 g/mol. The molecule has 0 aliphatic heterocycles. The predicted molar refractivity (Wildman–Crippen MR) is 63.8 cm³/mol. The van der Waals surface area contributed by atoms with E-state index >= 15 is 0 Å². The fraction of sp³-hybridized carbons (Fsp3) is 0.500. The number of hydrogen-bond donors (Lipinski definition) is 1. The van der Waals surface area contributed by atoms with Gasteiger partial charge >= 0.3 is 0 Å². The maximum Gasteiger partial charge on any atom is 0.142 e. The Morgan fingerprint density at radius 2 is 1.88 bits per heavy atom. The molecule has 0 aromatic heterocycles. The highest BCUT2D eigenvalue weighted by Crippen LogP contribution is 2.21. The Balaban J connectivity index is 2.23. The lowest BCUT2D eigenvalue weighted by Gasteiger charge is -2.09. The van der Waals surface area contributed by atoms with Gasteiger partial charge in [-0.3, -0.25) is 0 Å². The lowest BCUT2D eigenvalue weighted by atomic mass is 10.2. The summed E-state index contributed by atoms with van der Waals surface area (Å²) >= 11 is 0. The van der Waals surface area contributed by atoms with Gasteiger partial charge in [0.15, 0.2) is 0 Å². The maximum absolute atomic E-state index is 5.77. The maximum atomic E-state index is 5.77. The number of nitrogen functional groups attached to an aromatic ring is 1. The predicted octanol–water partition coefficient (Wildman–Crippen LogP) is 1.62. The molecule has 2 N–H and O–H groups in total. The van der Waals surface area contributed by atoms with E-state index in [1.165, 1.54) is 0 Å². The van der Waals surface area contributed by atoms with Crippen molar-refractivity contribution in [2.75, 3.05) is 39.3 Å². The van der Waals surface area contributed by atoms with Crippen molar-refractivity contribution < 1.29 is 14.2 Å². The van der Waals surface area contributed by atoms with E-state index in [-0.39, 0.29) is 0 Å². The summed E-state index contributed by atoms with van der Waals surface area (Å²) in [7, 11) is 1.65. The molecule has 1 rings (SSSR count). The van der Waals surface area contributed by atoms with Crippen molar-refractivity contribution in [2.24, 2.45) is 0 Å². The van der Waals surface area contributed by atoms with E-state index in [0.717, 1.165) is 11.3 Å². The number of rotatable bonds is 7. The molecular formula is C12H19NO3. The molecule has 0 radical (unpaired) electrons. The zero-order valence-electron chi connectivity index (χ0n) is 9.86. The first-order valence-corrected chi connectivity index (χ1v) is 5.29. The number of nitrogens with two attached hydrogens (primary N) is 1. The number of anilines is 1. The van der Waals surface area contributed by atoms with Crippen LogP contribution in [0, 0.1) is 6.92 Å². The largest absolute Gasteiger partial charge is 0.489 e. The second kappa shape index (κ2) is 7.09. The van der Waals surface area contributed by atoms with Crippen LogP contribution < -0.4 is 10.5 Å². The summed E-state index contributed by atoms with van der Waals surface area (Å²) in [6.07, 6.45) is 0. The first kappa shape index (κ1) is 12.8. The number of ether oxygens (including phenoxy) is 3. The van der Waals surface area contributed by atoms with E-state index in [1.54, 1.807) is 7.11 Å². The first-order chi connectivity index (χ1) is 7.74. The Morgan fingerprint density at radius 1 is 1.12 bits per heavy atom. The van der Waals surface area contributed by atoms with Crippen molar-refractivity contribution in [3.63, 3.8) is 0 Å². The van der Waals surface area contributed by atoms with Crippen LogP contribution in [0.1, 0.15) is 5.56 Å². The summed E-state index contributed by atoms with van der Waals surface area (Å²) in [5.41, 5.74) is 7.55. The molecule has 0 spiro atoms. The number of aryl methyl sites for hydroxylation is 1. The lowest BCUT2D eigenvalue weighted by Crippen LogP contribution is -2.10. The minimum Gasteiger partial charge on any atom is -0.489 e. The molecule has 16 heavy (non-hydrogen) atoms. The van der Waals surface area contributed by atoms with Gasteiger partial charge in [0.2, 0.25) is 0 Å². The van der Waals surface area contributed by atoms with Crippen LogP contribution in [0.3, 0.4) is 0 Å². The highest BCUT2D eigenvalue weighted by molar-refractivity contribution is 5.53. The van der Waals surface area contributed by atoms with Gasteiger partial charge in [0.1, 0.15) is 12.4 Å². The van der Waals surface area contributed by atoms with Crippen molar-refractivity contribution in [3.05, 3.63) is 23.8 Å². The van der Waals surface area contributed by atoms with Crippen molar-refractivity contribution in [1.29, 1.82) is 0 Å². The first-order valence-electron chi connectivity index (χ1n) is 5.29. The normalized spacial score (nSPS) is 10.4. The van der Waals surface area contributed by atoms with Crippen LogP contribution in [-0.2, 0) is 9.47 Å². The molecule has 90 valence electrons. The van der Waals surface area contributed by atoms with E-state index in [0.29, 0.717) is 32.1 Å². The molecule has 0 aliphatic carbocycles. The van der Waals surface area contributed by atoms with Gasteiger partial charge in [-0.1, -0.05) is 6.07 Å². The molecule has 0 bridgehead atoms. The van der Waals surface area contributed by atoms with Crippen LogP contribution in [-0.4, -0.2) is 33.5 Å². The summed E-state index contributed by atoms with van der Waals surface area (Å²) in [6, 6.07) is 5.72. The minimum atomic E-state index is 0.497. The Kier molecular flexibility index (Phi) is 5.67. The van der Waals surface area contributed by atoms with E-state index in [2.05, 4.69) is 0 Å². The highest BCUT2D eigenvalue weighted by atomic mass is 16.5. The molecule has 4 heteroatoms. The second-order valence-electron chi connectivity index (χ2n) is 3.49. The van der Waals surface area contributed by atoms with Crippen LogP contribution in [0.4, 0.5) is 5.69 Å². The van der Waals surface area contributed by atoms with Gasteiger partial charge in [-0.15, -0.1) is 0 Å². The van der Waals surface area contributed by atoms with Crippen LogP contribution in [0.15, 0.2) is 18.2 Å². The van der Waals surface area contributed by atoms with Crippen LogP contribution in [0.2, 0.25) is 0 Å². The fourth-order valence-corrected chi connectivity index (χ4v) is 1.22. The third kappa shape index (κ3) is 4.51. The smallest absolute Gasteiger partial charge is 0.142 e.